The van der Waals surface area contributed by atoms with Crippen molar-refractivity contribution in [2.75, 3.05) is 24.3 Å². The summed E-state index contributed by atoms with van der Waals surface area (Å²) < 4.78 is 2.07. The fourth-order valence-electron chi connectivity index (χ4n) is 2.61. The summed E-state index contributed by atoms with van der Waals surface area (Å²) in [5.41, 5.74) is 3.10. The van der Waals surface area contributed by atoms with Crippen LogP contribution in [-0.2, 0) is 11.3 Å². The van der Waals surface area contributed by atoms with E-state index in [2.05, 4.69) is 27.0 Å². The van der Waals surface area contributed by atoms with E-state index < -0.39 is 0 Å². The van der Waals surface area contributed by atoms with Gasteiger partial charge in [-0.3, -0.25) is 4.79 Å². The zero-order chi connectivity index (χ0) is 19.2. The quantitative estimate of drug-likeness (QED) is 0.627. The first-order valence-corrected chi connectivity index (χ1v) is 9.71. The summed E-state index contributed by atoms with van der Waals surface area (Å²) in [6, 6.07) is 18.0. The lowest BCUT2D eigenvalue weighted by molar-refractivity contribution is -0.115. The molecule has 0 saturated carbocycles. The zero-order valence-electron chi connectivity index (χ0n) is 15.8. The van der Waals surface area contributed by atoms with Crippen LogP contribution in [0.5, 0.6) is 0 Å². The second-order valence-electron chi connectivity index (χ2n) is 6.51. The molecule has 0 radical (unpaired) electrons. The van der Waals surface area contributed by atoms with E-state index in [0.717, 1.165) is 23.1 Å². The van der Waals surface area contributed by atoms with Crippen molar-refractivity contribution in [1.82, 2.24) is 9.55 Å². The highest BCUT2D eigenvalue weighted by Gasteiger charge is 2.17. The number of hydrogen-bond acceptors (Lipinski definition) is 4. The number of nitrogens with zero attached hydrogens (tertiary/aromatic N) is 3. The van der Waals surface area contributed by atoms with Gasteiger partial charge in [-0.25, -0.2) is 4.98 Å². The number of imidazole rings is 1. The summed E-state index contributed by atoms with van der Waals surface area (Å²) in [5, 5.41) is 3.56. The van der Waals surface area contributed by atoms with Gasteiger partial charge in [-0.1, -0.05) is 42.1 Å². The predicted octanol–water partition coefficient (Wildman–Crippen LogP) is 4.12. The van der Waals surface area contributed by atoms with E-state index in [9.17, 15) is 4.79 Å². The maximum absolute atomic E-state index is 12.5. The van der Waals surface area contributed by atoms with Gasteiger partial charge in [0.15, 0.2) is 5.16 Å². The minimum Gasteiger partial charge on any atom is -0.378 e. The molecule has 2 aromatic carbocycles. The third kappa shape index (κ3) is 5.14. The average molecular weight is 381 g/mol. The first-order valence-electron chi connectivity index (χ1n) is 8.83. The van der Waals surface area contributed by atoms with Crippen molar-refractivity contribution in [1.29, 1.82) is 0 Å². The molecule has 5 nitrogen and oxygen atoms in total. The van der Waals surface area contributed by atoms with Crippen molar-refractivity contribution < 1.29 is 4.79 Å². The average Bonchev–Trinajstić information content (AvgIpc) is 3.09. The van der Waals surface area contributed by atoms with Crippen LogP contribution in [-0.4, -0.2) is 34.8 Å². The van der Waals surface area contributed by atoms with Gasteiger partial charge in [0.1, 0.15) is 0 Å². The lowest BCUT2D eigenvalue weighted by Gasteiger charge is -2.15. The molecule has 0 aliphatic carbocycles. The Morgan fingerprint density at radius 2 is 1.85 bits per heavy atom. The molecule has 27 heavy (non-hydrogen) atoms. The molecule has 1 heterocycles. The number of thioether (sulfide) groups is 1. The Balaban J connectivity index is 1.61. The molecule has 3 rings (SSSR count). The summed E-state index contributed by atoms with van der Waals surface area (Å²) in [7, 11) is 3.98. The summed E-state index contributed by atoms with van der Waals surface area (Å²) in [6.07, 6.45) is 3.72. The highest BCUT2D eigenvalue weighted by atomic mass is 32.2. The molecule has 1 N–H and O–H groups in total. The van der Waals surface area contributed by atoms with Crippen LogP contribution in [0.4, 0.5) is 11.4 Å². The Kier molecular flexibility index (Phi) is 6.19. The van der Waals surface area contributed by atoms with Crippen LogP contribution in [0.15, 0.2) is 72.1 Å². The Labute approximate surface area is 164 Å². The van der Waals surface area contributed by atoms with E-state index in [-0.39, 0.29) is 11.2 Å². The van der Waals surface area contributed by atoms with Crippen LogP contribution >= 0.6 is 11.8 Å². The van der Waals surface area contributed by atoms with Gasteiger partial charge in [0.2, 0.25) is 5.91 Å². The summed E-state index contributed by atoms with van der Waals surface area (Å²) in [6.45, 7) is 2.64. The van der Waals surface area contributed by atoms with Gasteiger partial charge in [0.05, 0.1) is 5.25 Å². The standard InChI is InChI=1S/C21H24N4OS/c1-16(20(26)23-18-9-11-19(12-10-18)24(2)3)27-21-22-13-14-25(21)15-17-7-5-4-6-8-17/h4-14,16H,15H2,1-3H3,(H,23,26). The van der Waals surface area contributed by atoms with Crippen molar-refractivity contribution in [2.24, 2.45) is 0 Å². The number of rotatable bonds is 7. The van der Waals surface area contributed by atoms with Gasteiger partial charge in [-0.05, 0) is 36.8 Å². The normalized spacial score (nSPS) is 11.8. The molecule has 0 fully saturated rings. The molecular formula is C21H24N4OS. The van der Waals surface area contributed by atoms with E-state index in [4.69, 9.17) is 0 Å². The van der Waals surface area contributed by atoms with Crippen LogP contribution in [0.1, 0.15) is 12.5 Å². The molecule has 0 aliphatic heterocycles. The Bertz CT molecular complexity index is 875. The van der Waals surface area contributed by atoms with Gasteiger partial charge in [0.25, 0.3) is 0 Å². The van der Waals surface area contributed by atoms with E-state index in [1.807, 2.05) is 74.6 Å². The van der Waals surface area contributed by atoms with Crippen molar-refractivity contribution in [2.45, 2.75) is 23.9 Å². The number of aromatic nitrogens is 2. The first kappa shape index (κ1) is 19.0. The third-order valence-electron chi connectivity index (χ3n) is 4.18. The molecule has 1 amide bonds. The van der Waals surface area contributed by atoms with Crippen molar-refractivity contribution in [3.05, 3.63) is 72.6 Å². The molecule has 3 aromatic rings. The molecule has 0 bridgehead atoms. The number of benzene rings is 2. The summed E-state index contributed by atoms with van der Waals surface area (Å²) >= 11 is 1.46. The third-order valence-corrected chi connectivity index (χ3v) is 5.29. The molecule has 0 aliphatic rings. The molecule has 6 heteroatoms. The summed E-state index contributed by atoms with van der Waals surface area (Å²) in [4.78, 5) is 19.0. The second-order valence-corrected chi connectivity index (χ2v) is 7.82. The van der Waals surface area contributed by atoms with Crippen LogP contribution in [0.25, 0.3) is 0 Å². The van der Waals surface area contributed by atoms with Crippen LogP contribution < -0.4 is 10.2 Å². The Hall–Kier alpha value is -2.73. The van der Waals surface area contributed by atoms with Crippen molar-refractivity contribution >= 4 is 29.0 Å². The number of carbonyl (C=O) groups excluding carboxylic acids is 1. The van der Waals surface area contributed by atoms with Gasteiger partial charge in [0, 0.05) is 44.4 Å². The molecule has 140 valence electrons. The Morgan fingerprint density at radius 1 is 1.15 bits per heavy atom. The monoisotopic (exact) mass is 380 g/mol. The Morgan fingerprint density at radius 3 is 2.52 bits per heavy atom. The van der Waals surface area contributed by atoms with Crippen molar-refractivity contribution in [3.8, 4) is 0 Å². The predicted molar refractivity (Wildman–Crippen MR) is 112 cm³/mol. The minimum absolute atomic E-state index is 0.0353. The molecule has 0 saturated heterocycles. The fourth-order valence-corrected chi connectivity index (χ4v) is 3.48. The molecule has 1 aromatic heterocycles. The van der Waals surface area contributed by atoms with E-state index >= 15 is 0 Å². The van der Waals surface area contributed by atoms with Crippen LogP contribution in [0.2, 0.25) is 0 Å². The van der Waals surface area contributed by atoms with Crippen LogP contribution in [0.3, 0.4) is 0 Å². The lowest BCUT2D eigenvalue weighted by Crippen LogP contribution is -2.23. The smallest absolute Gasteiger partial charge is 0.237 e. The van der Waals surface area contributed by atoms with Crippen molar-refractivity contribution in [3.63, 3.8) is 0 Å². The van der Waals surface area contributed by atoms with Gasteiger partial charge in [-0.2, -0.15) is 0 Å². The number of hydrogen-bond donors (Lipinski definition) is 1. The zero-order valence-corrected chi connectivity index (χ0v) is 16.6. The van der Waals surface area contributed by atoms with E-state index in [0.29, 0.717) is 0 Å². The van der Waals surface area contributed by atoms with Gasteiger partial charge in [-0.15, -0.1) is 0 Å². The SMILES string of the molecule is CC(Sc1nccn1Cc1ccccc1)C(=O)Nc1ccc(N(C)C)cc1. The molecular weight excluding hydrogens is 356 g/mol. The molecule has 1 unspecified atom stereocenters. The number of carbonyl (C=O) groups is 1. The summed E-state index contributed by atoms with van der Waals surface area (Å²) in [5.74, 6) is -0.0353. The lowest BCUT2D eigenvalue weighted by atomic mass is 10.2. The number of nitrogens with one attached hydrogen (secondary N) is 1. The van der Waals surface area contributed by atoms with Crippen LogP contribution in [0, 0.1) is 0 Å². The second kappa shape index (κ2) is 8.77. The van der Waals surface area contributed by atoms with Gasteiger partial charge < -0.3 is 14.8 Å². The molecule has 1 atom stereocenters. The number of anilines is 2. The van der Waals surface area contributed by atoms with E-state index in [1.165, 1.54) is 17.3 Å². The van der Waals surface area contributed by atoms with Gasteiger partial charge >= 0.3 is 0 Å². The topological polar surface area (TPSA) is 50.2 Å². The molecule has 0 spiro atoms. The highest BCUT2D eigenvalue weighted by molar-refractivity contribution is 8.00. The number of amides is 1. The maximum Gasteiger partial charge on any atom is 0.237 e. The minimum atomic E-state index is -0.254. The van der Waals surface area contributed by atoms with E-state index in [1.54, 1.807) is 6.20 Å². The first-order chi connectivity index (χ1) is 13.0. The maximum atomic E-state index is 12.5. The fraction of sp³-hybridized carbons (Fsp3) is 0.238. The largest absolute Gasteiger partial charge is 0.378 e. The highest BCUT2D eigenvalue weighted by Crippen LogP contribution is 2.24.